The standard InChI is InChI=1S/C18H13FN4O4/c19-12-4-2-1-3-10(12)9-23-6-5-11-16(23)13(7-20)22-15(17(11)26)18(27)21-8-14(24)25/h1-6,26H,8-9H2,(H,21,27)(H,24,25). The maximum absolute atomic E-state index is 13.9. The normalized spacial score (nSPS) is 10.5. The highest BCUT2D eigenvalue weighted by Crippen LogP contribution is 2.31. The number of halogens is 1. The lowest BCUT2D eigenvalue weighted by Crippen LogP contribution is -2.30. The summed E-state index contributed by atoms with van der Waals surface area (Å²) in [6, 6.07) is 9.46. The van der Waals surface area contributed by atoms with Crippen molar-refractivity contribution in [3.05, 3.63) is 59.3 Å². The molecule has 0 radical (unpaired) electrons. The summed E-state index contributed by atoms with van der Waals surface area (Å²) in [7, 11) is 0. The number of nitrogens with one attached hydrogen (secondary N) is 1. The van der Waals surface area contributed by atoms with Gasteiger partial charge >= 0.3 is 5.97 Å². The Morgan fingerprint density at radius 1 is 1.30 bits per heavy atom. The largest absolute Gasteiger partial charge is 0.505 e. The first-order valence-corrected chi connectivity index (χ1v) is 7.77. The van der Waals surface area contributed by atoms with Gasteiger partial charge in [0, 0.05) is 17.1 Å². The molecule has 0 atom stereocenters. The number of pyridine rings is 1. The monoisotopic (exact) mass is 368 g/mol. The minimum absolute atomic E-state index is 0.0938. The van der Waals surface area contributed by atoms with E-state index in [-0.39, 0.29) is 23.1 Å². The number of nitrogens with zero attached hydrogens (tertiary/aromatic N) is 3. The highest BCUT2D eigenvalue weighted by molar-refractivity contribution is 6.03. The predicted octanol–water partition coefficient (Wildman–Crippen LogP) is 1.62. The quantitative estimate of drug-likeness (QED) is 0.628. The molecule has 0 saturated carbocycles. The zero-order chi connectivity index (χ0) is 19.6. The predicted molar refractivity (Wildman–Crippen MR) is 91.6 cm³/mol. The molecule has 3 aromatic rings. The third-order valence-electron chi connectivity index (χ3n) is 3.91. The molecule has 136 valence electrons. The molecule has 27 heavy (non-hydrogen) atoms. The Labute approximate surface area is 152 Å². The second-order valence-electron chi connectivity index (χ2n) is 5.64. The SMILES string of the molecule is N#Cc1nc(C(=O)NCC(=O)O)c(O)c2ccn(Cc3ccccc3F)c12. The number of rotatable bonds is 5. The summed E-state index contributed by atoms with van der Waals surface area (Å²) in [5, 5.41) is 30.7. The molecule has 9 heteroatoms. The van der Waals surface area contributed by atoms with E-state index < -0.39 is 35.7 Å². The second-order valence-corrected chi connectivity index (χ2v) is 5.64. The average Bonchev–Trinajstić information content (AvgIpc) is 3.06. The van der Waals surface area contributed by atoms with Gasteiger partial charge in [-0.1, -0.05) is 18.2 Å². The van der Waals surface area contributed by atoms with Gasteiger partial charge in [0.05, 0.1) is 12.1 Å². The van der Waals surface area contributed by atoms with Crippen molar-refractivity contribution in [2.75, 3.05) is 6.54 Å². The maximum Gasteiger partial charge on any atom is 0.322 e. The van der Waals surface area contributed by atoms with Gasteiger partial charge in [-0.15, -0.1) is 0 Å². The van der Waals surface area contributed by atoms with Crippen LogP contribution in [0.2, 0.25) is 0 Å². The molecule has 0 aliphatic carbocycles. The van der Waals surface area contributed by atoms with Crippen LogP contribution in [0.5, 0.6) is 5.75 Å². The first-order chi connectivity index (χ1) is 12.9. The van der Waals surface area contributed by atoms with Crippen molar-refractivity contribution in [2.45, 2.75) is 6.54 Å². The van der Waals surface area contributed by atoms with Gasteiger partial charge in [0.2, 0.25) is 0 Å². The lowest BCUT2D eigenvalue weighted by Gasteiger charge is -2.10. The number of carboxylic acids is 1. The van der Waals surface area contributed by atoms with Gasteiger partial charge in [-0.25, -0.2) is 9.37 Å². The van der Waals surface area contributed by atoms with Gasteiger partial charge in [-0.3, -0.25) is 9.59 Å². The molecule has 0 aliphatic rings. The fourth-order valence-electron chi connectivity index (χ4n) is 2.69. The molecule has 1 amide bonds. The van der Waals surface area contributed by atoms with Crippen LogP contribution in [0.15, 0.2) is 36.5 Å². The summed E-state index contributed by atoms with van der Waals surface area (Å²) in [6.07, 6.45) is 1.54. The second kappa shape index (κ2) is 7.13. The van der Waals surface area contributed by atoms with Crippen LogP contribution in [0.4, 0.5) is 4.39 Å². The minimum Gasteiger partial charge on any atom is -0.505 e. The van der Waals surface area contributed by atoms with E-state index in [2.05, 4.69) is 10.3 Å². The molecular weight excluding hydrogens is 355 g/mol. The Bertz CT molecular complexity index is 1100. The van der Waals surface area contributed by atoms with E-state index in [4.69, 9.17) is 5.11 Å². The summed E-state index contributed by atoms with van der Waals surface area (Å²) >= 11 is 0. The van der Waals surface area contributed by atoms with Crippen molar-refractivity contribution >= 4 is 22.8 Å². The van der Waals surface area contributed by atoms with Gasteiger partial charge < -0.3 is 20.1 Å². The van der Waals surface area contributed by atoms with Crippen LogP contribution in [0, 0.1) is 17.1 Å². The number of aliphatic carboxylic acids is 1. The number of amides is 1. The molecule has 1 aromatic carbocycles. The molecular formula is C18H13FN4O4. The molecule has 0 saturated heterocycles. The number of carbonyl (C=O) groups is 2. The Morgan fingerprint density at radius 3 is 2.70 bits per heavy atom. The number of benzene rings is 1. The number of carboxylic acid groups (broad SMARTS) is 1. The van der Waals surface area contributed by atoms with Crippen molar-refractivity contribution < 1.29 is 24.2 Å². The van der Waals surface area contributed by atoms with Crippen molar-refractivity contribution in [1.29, 1.82) is 5.26 Å². The van der Waals surface area contributed by atoms with Gasteiger partial charge in [0.1, 0.15) is 18.4 Å². The summed E-state index contributed by atoms with van der Waals surface area (Å²) in [5.41, 5.74) is 0.0169. The number of aromatic hydroxyl groups is 1. The Balaban J connectivity index is 2.07. The lowest BCUT2D eigenvalue weighted by atomic mass is 10.1. The number of fused-ring (bicyclic) bond motifs is 1. The maximum atomic E-state index is 13.9. The molecule has 8 nitrogen and oxygen atoms in total. The number of aromatic nitrogens is 2. The lowest BCUT2D eigenvalue weighted by molar-refractivity contribution is -0.135. The Kier molecular flexibility index (Phi) is 4.72. The first-order valence-electron chi connectivity index (χ1n) is 7.77. The molecule has 0 fully saturated rings. The van der Waals surface area contributed by atoms with Crippen molar-refractivity contribution in [3.63, 3.8) is 0 Å². The third-order valence-corrected chi connectivity index (χ3v) is 3.91. The first kappa shape index (κ1) is 17.9. The van der Waals surface area contributed by atoms with Gasteiger partial charge in [0.25, 0.3) is 5.91 Å². The van der Waals surface area contributed by atoms with Gasteiger partial charge in [-0.05, 0) is 12.1 Å². The third kappa shape index (κ3) is 3.41. The zero-order valence-corrected chi connectivity index (χ0v) is 13.8. The molecule has 2 aromatic heterocycles. The van der Waals surface area contributed by atoms with Crippen LogP contribution in [-0.2, 0) is 11.3 Å². The summed E-state index contributed by atoms with van der Waals surface area (Å²) in [5.74, 6) is -3.09. The van der Waals surface area contributed by atoms with Crippen LogP contribution in [-0.4, -0.2) is 38.2 Å². The van der Waals surface area contributed by atoms with E-state index in [1.54, 1.807) is 18.2 Å². The van der Waals surface area contributed by atoms with E-state index in [0.717, 1.165) is 0 Å². The van der Waals surface area contributed by atoms with Crippen LogP contribution in [0.3, 0.4) is 0 Å². The van der Waals surface area contributed by atoms with Crippen molar-refractivity contribution in [3.8, 4) is 11.8 Å². The number of hydrogen-bond donors (Lipinski definition) is 3. The fourth-order valence-corrected chi connectivity index (χ4v) is 2.69. The highest BCUT2D eigenvalue weighted by Gasteiger charge is 2.22. The number of nitriles is 1. The molecule has 0 aliphatic heterocycles. The van der Waals surface area contributed by atoms with Crippen LogP contribution in [0.1, 0.15) is 21.7 Å². The van der Waals surface area contributed by atoms with E-state index in [0.29, 0.717) is 5.56 Å². The van der Waals surface area contributed by atoms with Crippen molar-refractivity contribution in [1.82, 2.24) is 14.9 Å². The Hall–Kier alpha value is -3.93. The zero-order valence-electron chi connectivity index (χ0n) is 13.8. The Morgan fingerprint density at radius 2 is 2.04 bits per heavy atom. The van der Waals surface area contributed by atoms with Crippen LogP contribution in [0.25, 0.3) is 10.9 Å². The van der Waals surface area contributed by atoms with Gasteiger partial charge in [-0.2, -0.15) is 5.26 Å². The molecule has 2 heterocycles. The fraction of sp³-hybridized carbons (Fsp3) is 0.111. The molecule has 3 rings (SSSR count). The number of hydrogen-bond acceptors (Lipinski definition) is 5. The summed E-state index contributed by atoms with van der Waals surface area (Å²) < 4.78 is 15.5. The average molecular weight is 368 g/mol. The topological polar surface area (TPSA) is 128 Å². The van der Waals surface area contributed by atoms with E-state index in [1.165, 1.54) is 22.9 Å². The molecule has 0 unspecified atom stereocenters. The van der Waals surface area contributed by atoms with Crippen LogP contribution >= 0.6 is 0 Å². The summed E-state index contributed by atoms with van der Waals surface area (Å²) in [6.45, 7) is -0.565. The van der Waals surface area contributed by atoms with E-state index >= 15 is 0 Å². The van der Waals surface area contributed by atoms with Crippen LogP contribution < -0.4 is 5.32 Å². The van der Waals surface area contributed by atoms with E-state index in [1.807, 2.05) is 6.07 Å². The minimum atomic E-state index is -1.26. The smallest absolute Gasteiger partial charge is 0.322 e. The van der Waals surface area contributed by atoms with Crippen molar-refractivity contribution in [2.24, 2.45) is 0 Å². The molecule has 3 N–H and O–H groups in total. The number of carbonyl (C=O) groups excluding carboxylic acids is 1. The summed E-state index contributed by atoms with van der Waals surface area (Å²) in [4.78, 5) is 26.5. The van der Waals surface area contributed by atoms with Gasteiger partial charge in [0.15, 0.2) is 17.1 Å². The molecule has 0 bridgehead atoms. The highest BCUT2D eigenvalue weighted by atomic mass is 19.1. The van der Waals surface area contributed by atoms with E-state index in [9.17, 15) is 24.3 Å². The molecule has 0 spiro atoms.